The van der Waals surface area contributed by atoms with Crippen molar-refractivity contribution in [3.8, 4) is 5.75 Å². The maximum atomic E-state index is 10.6. The molecule has 0 aliphatic rings. The van der Waals surface area contributed by atoms with Gasteiger partial charge >= 0.3 is 11.7 Å². The fourth-order valence-corrected chi connectivity index (χ4v) is 1.35. The van der Waals surface area contributed by atoms with Gasteiger partial charge in [0.25, 0.3) is 0 Å². The third-order valence-corrected chi connectivity index (χ3v) is 2.09. The third-order valence-electron chi connectivity index (χ3n) is 1.71. The molecule has 0 spiro atoms. The third kappa shape index (κ3) is 1.99. The van der Waals surface area contributed by atoms with E-state index < -0.39 is 21.6 Å². The molecule has 0 saturated carbocycles. The summed E-state index contributed by atoms with van der Waals surface area (Å²) < 4.78 is 4.70. The van der Waals surface area contributed by atoms with Crippen molar-refractivity contribution in [3.63, 3.8) is 0 Å². The van der Waals surface area contributed by atoms with Crippen LogP contribution in [0.2, 0.25) is 5.02 Å². The fraction of sp³-hybridized carbons (Fsp3) is 0.125. The van der Waals surface area contributed by atoms with Gasteiger partial charge in [-0.2, -0.15) is 0 Å². The van der Waals surface area contributed by atoms with E-state index in [0.717, 1.165) is 6.07 Å². The summed E-state index contributed by atoms with van der Waals surface area (Å²) in [6, 6.07) is 2.34. The van der Waals surface area contributed by atoms with Gasteiger partial charge in [0, 0.05) is 0 Å². The van der Waals surface area contributed by atoms with Gasteiger partial charge < -0.3 is 9.84 Å². The number of ether oxygens (including phenoxy) is 1. The molecular weight excluding hydrogens is 226 g/mol. The number of methoxy groups -OCH3 is 1. The van der Waals surface area contributed by atoms with E-state index in [1.165, 1.54) is 13.2 Å². The van der Waals surface area contributed by atoms with Crippen LogP contribution in [0.3, 0.4) is 0 Å². The first kappa shape index (κ1) is 11.3. The van der Waals surface area contributed by atoms with Crippen molar-refractivity contribution in [1.82, 2.24) is 0 Å². The first-order valence-electron chi connectivity index (χ1n) is 3.73. The Hall–Kier alpha value is -1.82. The van der Waals surface area contributed by atoms with Gasteiger partial charge in [-0.3, -0.25) is 10.1 Å². The number of benzene rings is 1. The van der Waals surface area contributed by atoms with E-state index in [2.05, 4.69) is 0 Å². The van der Waals surface area contributed by atoms with E-state index in [1.54, 1.807) is 0 Å². The zero-order chi connectivity index (χ0) is 11.6. The Kier molecular flexibility index (Phi) is 3.11. The summed E-state index contributed by atoms with van der Waals surface area (Å²) in [6.07, 6.45) is 0. The number of rotatable bonds is 3. The smallest absolute Gasteiger partial charge is 0.337 e. The lowest BCUT2D eigenvalue weighted by Gasteiger charge is -2.04. The van der Waals surface area contributed by atoms with Crippen molar-refractivity contribution in [2.24, 2.45) is 0 Å². The maximum absolute atomic E-state index is 10.6. The topological polar surface area (TPSA) is 89.7 Å². The molecule has 0 saturated heterocycles. The van der Waals surface area contributed by atoms with Gasteiger partial charge in [0.2, 0.25) is 0 Å². The number of nitro groups is 1. The second kappa shape index (κ2) is 4.14. The van der Waals surface area contributed by atoms with E-state index in [4.69, 9.17) is 21.4 Å². The number of nitrogens with zero attached hydrogens (tertiary/aromatic N) is 1. The first-order valence-corrected chi connectivity index (χ1v) is 4.11. The lowest BCUT2D eigenvalue weighted by molar-refractivity contribution is -0.385. The maximum Gasteiger partial charge on any atom is 0.337 e. The highest BCUT2D eigenvalue weighted by atomic mass is 35.5. The van der Waals surface area contributed by atoms with Crippen LogP contribution in [0.4, 0.5) is 5.69 Å². The highest BCUT2D eigenvalue weighted by molar-refractivity contribution is 6.35. The van der Waals surface area contributed by atoms with Crippen LogP contribution in [0.1, 0.15) is 10.4 Å². The minimum Gasteiger partial charge on any atom is -0.490 e. The summed E-state index contributed by atoms with van der Waals surface area (Å²) in [4.78, 5) is 20.5. The van der Waals surface area contributed by atoms with Crippen LogP contribution in [0, 0.1) is 10.1 Å². The molecule has 0 amide bonds. The van der Waals surface area contributed by atoms with Gasteiger partial charge in [-0.1, -0.05) is 11.6 Å². The fourth-order valence-electron chi connectivity index (χ4n) is 1.05. The Bertz CT molecular complexity index is 431. The highest BCUT2D eigenvalue weighted by Gasteiger charge is 2.25. The molecule has 80 valence electrons. The number of carbonyl (C=O) groups is 1. The molecule has 15 heavy (non-hydrogen) atoms. The lowest BCUT2D eigenvalue weighted by Crippen LogP contribution is -2.02. The number of carboxylic acids is 1. The van der Waals surface area contributed by atoms with Gasteiger partial charge in [-0.05, 0) is 12.1 Å². The Labute approximate surface area is 89.2 Å². The average molecular weight is 232 g/mol. The molecule has 0 atom stereocenters. The minimum atomic E-state index is -1.33. The molecule has 0 bridgehead atoms. The normalized spacial score (nSPS) is 9.73. The van der Waals surface area contributed by atoms with Gasteiger partial charge in [-0.25, -0.2) is 4.79 Å². The first-order chi connectivity index (χ1) is 6.99. The molecule has 7 heteroatoms. The number of hydrogen-bond acceptors (Lipinski definition) is 4. The van der Waals surface area contributed by atoms with E-state index in [-0.39, 0.29) is 11.3 Å². The monoisotopic (exact) mass is 231 g/mol. The van der Waals surface area contributed by atoms with E-state index >= 15 is 0 Å². The Morgan fingerprint density at radius 3 is 2.60 bits per heavy atom. The summed E-state index contributed by atoms with van der Waals surface area (Å²) >= 11 is 5.58. The van der Waals surface area contributed by atoms with Gasteiger partial charge in [0.15, 0.2) is 5.75 Å². The Balaban J connectivity index is 3.49. The summed E-state index contributed by atoms with van der Waals surface area (Å²) in [6.45, 7) is 0. The van der Waals surface area contributed by atoms with Crippen LogP contribution < -0.4 is 4.74 Å². The molecule has 1 N–H and O–H groups in total. The summed E-state index contributed by atoms with van der Waals surface area (Å²) in [7, 11) is 1.24. The number of halogens is 1. The predicted molar refractivity (Wildman–Crippen MR) is 51.6 cm³/mol. The molecule has 1 aromatic rings. The largest absolute Gasteiger partial charge is 0.490 e. The molecule has 1 rings (SSSR count). The number of carboxylic acid groups (broad SMARTS) is 1. The molecule has 0 heterocycles. The standard InChI is InChI=1S/C8H6ClNO5/c1-15-5-3-2-4(8(11)12)6(9)7(5)10(13)14/h2-3H,1H3,(H,11,12). The lowest BCUT2D eigenvalue weighted by atomic mass is 10.2. The summed E-state index contributed by atoms with van der Waals surface area (Å²) in [5, 5.41) is 18.9. The molecule has 0 fully saturated rings. The minimum absolute atomic E-state index is 0.0741. The molecule has 0 aliphatic heterocycles. The zero-order valence-corrected chi connectivity index (χ0v) is 8.32. The molecule has 0 unspecified atom stereocenters. The van der Waals surface area contributed by atoms with Crippen molar-refractivity contribution in [2.45, 2.75) is 0 Å². The van der Waals surface area contributed by atoms with Crippen LogP contribution in [0.25, 0.3) is 0 Å². The number of aromatic carboxylic acids is 1. The van der Waals surface area contributed by atoms with Crippen molar-refractivity contribution >= 4 is 23.3 Å². The van der Waals surface area contributed by atoms with Crippen LogP contribution in [-0.4, -0.2) is 23.1 Å². The highest BCUT2D eigenvalue weighted by Crippen LogP contribution is 2.36. The quantitative estimate of drug-likeness (QED) is 0.634. The van der Waals surface area contributed by atoms with E-state index in [0.29, 0.717) is 0 Å². The molecule has 0 radical (unpaired) electrons. The molecule has 6 nitrogen and oxygen atoms in total. The van der Waals surface area contributed by atoms with Crippen molar-refractivity contribution < 1.29 is 19.6 Å². The molecule has 1 aromatic carbocycles. The zero-order valence-electron chi connectivity index (χ0n) is 7.56. The SMILES string of the molecule is COc1ccc(C(=O)O)c(Cl)c1[N+](=O)[O-]. The van der Waals surface area contributed by atoms with Crippen LogP contribution in [0.15, 0.2) is 12.1 Å². The Morgan fingerprint density at radius 1 is 1.60 bits per heavy atom. The van der Waals surface area contributed by atoms with E-state index in [1.807, 2.05) is 0 Å². The second-order valence-corrected chi connectivity index (χ2v) is 2.92. The number of hydrogen-bond donors (Lipinski definition) is 1. The van der Waals surface area contributed by atoms with Crippen LogP contribution in [-0.2, 0) is 0 Å². The molecule has 0 aliphatic carbocycles. The van der Waals surface area contributed by atoms with E-state index in [9.17, 15) is 14.9 Å². The predicted octanol–water partition coefficient (Wildman–Crippen LogP) is 1.96. The second-order valence-electron chi connectivity index (χ2n) is 2.54. The van der Waals surface area contributed by atoms with Crippen molar-refractivity contribution in [2.75, 3.05) is 7.11 Å². The van der Waals surface area contributed by atoms with Crippen molar-refractivity contribution in [3.05, 3.63) is 32.8 Å². The molecular formula is C8H6ClNO5. The van der Waals surface area contributed by atoms with Gasteiger partial charge in [0.05, 0.1) is 17.6 Å². The van der Waals surface area contributed by atoms with Crippen LogP contribution in [0.5, 0.6) is 5.75 Å². The summed E-state index contributed by atoms with van der Waals surface area (Å²) in [5.74, 6) is -1.40. The van der Waals surface area contributed by atoms with Crippen LogP contribution >= 0.6 is 11.6 Å². The summed E-state index contributed by atoms with van der Waals surface area (Å²) in [5.41, 5.74) is -0.872. The number of nitro benzene ring substituents is 1. The molecule has 0 aromatic heterocycles. The Morgan fingerprint density at radius 2 is 2.20 bits per heavy atom. The van der Waals surface area contributed by atoms with Gasteiger partial charge in [-0.15, -0.1) is 0 Å². The van der Waals surface area contributed by atoms with Gasteiger partial charge in [0.1, 0.15) is 5.02 Å². The van der Waals surface area contributed by atoms with Crippen molar-refractivity contribution in [1.29, 1.82) is 0 Å². The average Bonchev–Trinajstić information content (AvgIpc) is 2.15.